The van der Waals surface area contributed by atoms with Crippen molar-refractivity contribution in [3.8, 4) is 6.07 Å². The molecule has 1 heterocycles. The number of nitrogens with zero attached hydrogens (tertiary/aromatic N) is 1. The highest BCUT2D eigenvalue weighted by molar-refractivity contribution is 5.84. The first-order chi connectivity index (χ1) is 11.5. The second-order valence-electron chi connectivity index (χ2n) is 9.19. The Balaban J connectivity index is 1.57. The van der Waals surface area contributed by atoms with Gasteiger partial charge in [0.2, 0.25) is 0 Å². The monoisotopic (exact) mass is 329 g/mol. The molecule has 4 aliphatic carbocycles. The highest BCUT2D eigenvalue weighted by atomic mass is 16.7. The van der Waals surface area contributed by atoms with Gasteiger partial charge in [-0.15, -0.1) is 0 Å². The maximum atomic E-state index is 13.0. The Morgan fingerprint density at radius 1 is 1.17 bits per heavy atom. The quantitative estimate of drug-likeness (QED) is 0.683. The number of carbonyl (C=O) groups excluding carboxylic acids is 1. The van der Waals surface area contributed by atoms with E-state index in [-0.39, 0.29) is 28.5 Å². The third-order valence-corrected chi connectivity index (χ3v) is 8.68. The van der Waals surface area contributed by atoms with Gasteiger partial charge in [-0.1, -0.05) is 13.3 Å². The summed E-state index contributed by atoms with van der Waals surface area (Å²) in [4.78, 5) is 13.0. The lowest BCUT2D eigenvalue weighted by Gasteiger charge is -2.61. The van der Waals surface area contributed by atoms with E-state index in [0.717, 1.165) is 44.9 Å². The van der Waals surface area contributed by atoms with E-state index in [1.54, 1.807) is 0 Å². The lowest BCUT2D eigenvalue weighted by molar-refractivity contribution is -0.229. The van der Waals surface area contributed by atoms with Crippen molar-refractivity contribution < 1.29 is 14.3 Å². The number of fused-ring (bicyclic) bond motifs is 3. The van der Waals surface area contributed by atoms with Gasteiger partial charge in [-0.05, 0) is 48.9 Å². The molecule has 5 fully saturated rings. The fourth-order valence-corrected chi connectivity index (χ4v) is 7.72. The first-order valence-corrected chi connectivity index (χ1v) is 9.75. The molecular weight excluding hydrogens is 302 g/mol. The van der Waals surface area contributed by atoms with E-state index in [1.807, 2.05) is 0 Å². The maximum absolute atomic E-state index is 13.0. The van der Waals surface area contributed by atoms with E-state index >= 15 is 0 Å². The number of Topliss-reactive ketones (excluding diaryl/α,β-unsaturated/α-hetero) is 1. The lowest BCUT2D eigenvalue weighted by Crippen LogP contribution is -2.59. The van der Waals surface area contributed by atoms with Crippen LogP contribution in [0.25, 0.3) is 0 Å². The van der Waals surface area contributed by atoms with Crippen LogP contribution in [0.2, 0.25) is 0 Å². The average Bonchev–Trinajstić information content (AvgIpc) is 3.15. The van der Waals surface area contributed by atoms with Gasteiger partial charge in [0.05, 0.1) is 25.2 Å². The van der Waals surface area contributed by atoms with Gasteiger partial charge in [-0.3, -0.25) is 4.79 Å². The Morgan fingerprint density at radius 3 is 2.71 bits per heavy atom. The molecule has 0 amide bonds. The summed E-state index contributed by atoms with van der Waals surface area (Å²) in [6.07, 6.45) is 8.08. The number of rotatable bonds is 0. The number of ether oxygens (including phenoxy) is 2. The molecule has 6 atom stereocenters. The van der Waals surface area contributed by atoms with Gasteiger partial charge in [0.25, 0.3) is 0 Å². The van der Waals surface area contributed by atoms with Crippen LogP contribution in [-0.4, -0.2) is 24.8 Å². The molecule has 0 aromatic rings. The smallest absolute Gasteiger partial charge is 0.171 e. The summed E-state index contributed by atoms with van der Waals surface area (Å²) in [5, 5.41) is 9.65. The first kappa shape index (κ1) is 15.3. The third kappa shape index (κ3) is 1.64. The molecule has 0 unspecified atom stereocenters. The van der Waals surface area contributed by atoms with E-state index in [4.69, 9.17) is 9.47 Å². The molecule has 0 aromatic heterocycles. The molecule has 1 saturated heterocycles. The van der Waals surface area contributed by atoms with Crippen LogP contribution in [0, 0.1) is 45.8 Å². The normalized spacial score (nSPS) is 51.9. The average molecular weight is 329 g/mol. The van der Waals surface area contributed by atoms with Gasteiger partial charge in [0.15, 0.2) is 5.79 Å². The van der Waals surface area contributed by atoms with E-state index in [0.29, 0.717) is 37.3 Å². The summed E-state index contributed by atoms with van der Waals surface area (Å²) in [6.45, 7) is 3.77. The van der Waals surface area contributed by atoms with Gasteiger partial charge in [0, 0.05) is 24.7 Å². The molecule has 0 N–H and O–H groups in total. The van der Waals surface area contributed by atoms with Crippen LogP contribution < -0.4 is 0 Å². The highest BCUT2D eigenvalue weighted by Gasteiger charge is 2.71. The molecule has 0 radical (unpaired) electrons. The van der Waals surface area contributed by atoms with Gasteiger partial charge in [-0.2, -0.15) is 5.26 Å². The Hall–Kier alpha value is -0.920. The number of nitriles is 1. The Bertz CT molecular complexity index is 619. The first-order valence-electron chi connectivity index (χ1n) is 9.75. The molecule has 4 saturated carbocycles. The van der Waals surface area contributed by atoms with Crippen molar-refractivity contribution in [2.45, 2.75) is 64.1 Å². The molecular formula is C20H27NO3. The predicted molar refractivity (Wildman–Crippen MR) is 86.7 cm³/mol. The van der Waals surface area contributed by atoms with Crippen LogP contribution in [0.4, 0.5) is 0 Å². The molecule has 5 aliphatic rings. The minimum Gasteiger partial charge on any atom is -0.347 e. The van der Waals surface area contributed by atoms with Crippen LogP contribution in [-0.2, 0) is 14.3 Å². The van der Waals surface area contributed by atoms with Crippen LogP contribution in [0.1, 0.15) is 58.3 Å². The Kier molecular flexibility index (Phi) is 3.09. The molecule has 0 aromatic carbocycles. The minimum atomic E-state index is -0.360. The van der Waals surface area contributed by atoms with E-state index in [2.05, 4.69) is 13.0 Å². The van der Waals surface area contributed by atoms with E-state index in [9.17, 15) is 10.1 Å². The van der Waals surface area contributed by atoms with Crippen LogP contribution >= 0.6 is 0 Å². The van der Waals surface area contributed by atoms with Gasteiger partial charge < -0.3 is 9.47 Å². The summed E-state index contributed by atoms with van der Waals surface area (Å²) in [5.41, 5.74) is 0.229. The van der Waals surface area contributed by atoms with Crippen LogP contribution in [0.15, 0.2) is 0 Å². The summed E-state index contributed by atoms with van der Waals surface area (Å²) in [5.74, 6) is 0.812. The van der Waals surface area contributed by atoms with Crippen molar-refractivity contribution in [3.63, 3.8) is 0 Å². The fourth-order valence-electron chi connectivity index (χ4n) is 7.72. The SMILES string of the molecule is C[C@@]12CCC[C@@H](C#N)[C@H]1C(=O)C[C@@H]1C[C@H]3C[C@]12CCC31OCCO1. The van der Waals surface area contributed by atoms with Crippen LogP contribution in [0.3, 0.4) is 0 Å². The van der Waals surface area contributed by atoms with Crippen molar-refractivity contribution in [1.82, 2.24) is 0 Å². The standard InChI is InChI=1S/C20H27NO3/c1-18-4-2-3-13(12-21)17(18)16(22)10-14-9-15-11-19(14,18)5-6-20(15)23-7-8-24-20/h13-15,17H,2-11H2,1H3/t13-,14-,15-,17-,18+,19+/m0/s1. The molecule has 1 aliphatic heterocycles. The molecule has 2 spiro atoms. The number of carbonyl (C=O) groups is 1. The topological polar surface area (TPSA) is 59.3 Å². The second kappa shape index (κ2) is 4.83. The van der Waals surface area contributed by atoms with Crippen molar-refractivity contribution in [2.24, 2.45) is 34.5 Å². The summed E-state index contributed by atoms with van der Waals surface area (Å²) >= 11 is 0. The Morgan fingerprint density at radius 2 is 1.96 bits per heavy atom. The third-order valence-electron chi connectivity index (χ3n) is 8.68. The zero-order valence-electron chi connectivity index (χ0n) is 14.6. The number of hydrogen-bond donors (Lipinski definition) is 0. The van der Waals surface area contributed by atoms with Crippen LogP contribution in [0.5, 0.6) is 0 Å². The summed E-state index contributed by atoms with van der Waals surface area (Å²) in [7, 11) is 0. The number of hydrogen-bond acceptors (Lipinski definition) is 4. The van der Waals surface area contributed by atoms with Crippen molar-refractivity contribution in [1.29, 1.82) is 5.26 Å². The maximum Gasteiger partial charge on any atom is 0.171 e. The zero-order valence-corrected chi connectivity index (χ0v) is 14.6. The zero-order chi connectivity index (χ0) is 16.6. The molecule has 4 heteroatoms. The van der Waals surface area contributed by atoms with Crippen molar-refractivity contribution in [2.75, 3.05) is 13.2 Å². The highest BCUT2D eigenvalue weighted by Crippen LogP contribution is 2.73. The lowest BCUT2D eigenvalue weighted by atomic mass is 9.42. The largest absolute Gasteiger partial charge is 0.347 e. The fraction of sp³-hybridized carbons (Fsp3) is 0.900. The molecule has 4 nitrogen and oxygen atoms in total. The van der Waals surface area contributed by atoms with E-state index < -0.39 is 0 Å². The van der Waals surface area contributed by atoms with Gasteiger partial charge >= 0.3 is 0 Å². The molecule has 2 bridgehead atoms. The Labute approximate surface area is 143 Å². The molecule has 5 rings (SSSR count). The van der Waals surface area contributed by atoms with Crippen molar-refractivity contribution >= 4 is 5.78 Å². The van der Waals surface area contributed by atoms with Crippen molar-refractivity contribution in [3.05, 3.63) is 0 Å². The summed E-state index contributed by atoms with van der Waals surface area (Å²) in [6, 6.07) is 2.49. The molecule has 24 heavy (non-hydrogen) atoms. The predicted octanol–water partition coefficient (Wildman–Crippen LogP) is 3.45. The van der Waals surface area contributed by atoms with Gasteiger partial charge in [-0.25, -0.2) is 0 Å². The van der Waals surface area contributed by atoms with E-state index in [1.165, 1.54) is 0 Å². The summed E-state index contributed by atoms with van der Waals surface area (Å²) < 4.78 is 12.2. The minimum absolute atomic E-state index is 0.000606. The second-order valence-corrected chi connectivity index (χ2v) is 9.19. The molecule has 130 valence electrons. The van der Waals surface area contributed by atoms with Gasteiger partial charge in [0.1, 0.15) is 5.78 Å². The number of ketones is 1.